The molecular formula is C16H17N3O2S. The Hall–Kier alpha value is -2.31. The standard InChI is InChI=1S/C16H17N3O2S/c1-3-21-16(20)11(7-17)9-19-15-13(8-18)12-5-4-10(2)6-14(12)22-15/h9-10,19H,3-6H2,1-2H3/b11-9+/t10-/m0/s1. The maximum atomic E-state index is 11.6. The van der Waals surface area contributed by atoms with Crippen LogP contribution in [0.1, 0.15) is 36.3 Å². The van der Waals surface area contributed by atoms with E-state index in [-0.39, 0.29) is 12.2 Å². The van der Waals surface area contributed by atoms with Crippen molar-refractivity contribution in [2.75, 3.05) is 11.9 Å². The first-order chi connectivity index (χ1) is 10.6. The van der Waals surface area contributed by atoms with Crippen LogP contribution in [0.25, 0.3) is 0 Å². The summed E-state index contributed by atoms with van der Waals surface area (Å²) in [4.78, 5) is 12.8. The third-order valence-electron chi connectivity index (χ3n) is 3.59. The first-order valence-corrected chi connectivity index (χ1v) is 8.00. The van der Waals surface area contributed by atoms with Gasteiger partial charge in [-0.15, -0.1) is 11.3 Å². The van der Waals surface area contributed by atoms with Crippen LogP contribution in [0.2, 0.25) is 0 Å². The molecule has 0 radical (unpaired) electrons. The van der Waals surface area contributed by atoms with Crippen molar-refractivity contribution in [3.05, 3.63) is 27.8 Å². The van der Waals surface area contributed by atoms with Crippen LogP contribution in [0.15, 0.2) is 11.8 Å². The highest BCUT2D eigenvalue weighted by Crippen LogP contribution is 2.39. The van der Waals surface area contributed by atoms with Gasteiger partial charge in [-0.05, 0) is 37.7 Å². The van der Waals surface area contributed by atoms with Gasteiger partial charge in [0.2, 0.25) is 0 Å². The van der Waals surface area contributed by atoms with Gasteiger partial charge in [0, 0.05) is 11.1 Å². The molecule has 0 fully saturated rings. The largest absolute Gasteiger partial charge is 0.462 e. The van der Waals surface area contributed by atoms with Crippen molar-refractivity contribution in [3.63, 3.8) is 0 Å². The van der Waals surface area contributed by atoms with Gasteiger partial charge in [0.15, 0.2) is 5.57 Å². The molecule has 5 nitrogen and oxygen atoms in total. The average molecular weight is 315 g/mol. The zero-order chi connectivity index (χ0) is 16.1. The minimum Gasteiger partial charge on any atom is -0.462 e. The zero-order valence-corrected chi connectivity index (χ0v) is 13.4. The SMILES string of the molecule is CCOC(=O)/C(C#N)=C/Nc1sc2c(c1C#N)CC[C@H](C)C2. The summed E-state index contributed by atoms with van der Waals surface area (Å²) in [7, 11) is 0. The molecule has 1 N–H and O–H groups in total. The first kappa shape index (κ1) is 16.1. The lowest BCUT2D eigenvalue weighted by Crippen LogP contribution is -2.09. The highest BCUT2D eigenvalue weighted by molar-refractivity contribution is 7.16. The van der Waals surface area contributed by atoms with E-state index in [1.807, 2.05) is 6.07 Å². The number of fused-ring (bicyclic) bond motifs is 1. The molecule has 114 valence electrons. The minimum atomic E-state index is -0.661. The number of carbonyl (C=O) groups excluding carboxylic acids is 1. The molecule has 0 unspecified atom stereocenters. The van der Waals surface area contributed by atoms with Crippen LogP contribution >= 0.6 is 11.3 Å². The summed E-state index contributed by atoms with van der Waals surface area (Å²) < 4.78 is 4.80. The molecule has 2 rings (SSSR count). The number of ether oxygens (including phenoxy) is 1. The minimum absolute atomic E-state index is 0.106. The first-order valence-electron chi connectivity index (χ1n) is 7.19. The molecule has 0 bridgehead atoms. The van der Waals surface area contributed by atoms with Crippen molar-refractivity contribution in [1.82, 2.24) is 0 Å². The van der Waals surface area contributed by atoms with Gasteiger partial charge in [0.1, 0.15) is 17.1 Å². The number of hydrogen-bond donors (Lipinski definition) is 1. The predicted octanol–water partition coefficient (Wildman–Crippen LogP) is 3.13. The Balaban J connectivity index is 2.25. The summed E-state index contributed by atoms with van der Waals surface area (Å²) in [5.41, 5.74) is 1.63. The van der Waals surface area contributed by atoms with Gasteiger partial charge >= 0.3 is 5.97 Å². The Morgan fingerprint density at radius 3 is 2.95 bits per heavy atom. The summed E-state index contributed by atoms with van der Waals surface area (Å²) in [6.45, 7) is 4.10. The lowest BCUT2D eigenvalue weighted by molar-refractivity contribution is -0.138. The molecule has 0 saturated heterocycles. The fourth-order valence-corrected chi connectivity index (χ4v) is 3.78. The second-order valence-electron chi connectivity index (χ2n) is 5.20. The van der Waals surface area contributed by atoms with E-state index in [0.717, 1.165) is 24.8 Å². The van der Waals surface area contributed by atoms with Crippen molar-refractivity contribution < 1.29 is 9.53 Å². The van der Waals surface area contributed by atoms with Crippen LogP contribution in [-0.4, -0.2) is 12.6 Å². The van der Waals surface area contributed by atoms with E-state index in [2.05, 4.69) is 18.3 Å². The second-order valence-corrected chi connectivity index (χ2v) is 6.31. The van der Waals surface area contributed by atoms with Gasteiger partial charge in [0.25, 0.3) is 0 Å². The molecule has 1 aromatic heterocycles. The van der Waals surface area contributed by atoms with E-state index in [4.69, 9.17) is 10.00 Å². The third-order valence-corrected chi connectivity index (χ3v) is 4.77. The molecule has 6 heteroatoms. The van der Waals surface area contributed by atoms with Crippen LogP contribution < -0.4 is 5.32 Å². The average Bonchev–Trinajstić information content (AvgIpc) is 2.84. The Morgan fingerprint density at radius 2 is 2.32 bits per heavy atom. The van der Waals surface area contributed by atoms with Crippen LogP contribution in [0.5, 0.6) is 0 Å². The zero-order valence-electron chi connectivity index (χ0n) is 12.6. The van der Waals surface area contributed by atoms with Crippen LogP contribution in [-0.2, 0) is 22.4 Å². The Labute approximate surface area is 133 Å². The molecule has 0 aliphatic heterocycles. The van der Waals surface area contributed by atoms with E-state index in [1.54, 1.807) is 6.92 Å². The molecule has 1 aliphatic rings. The highest BCUT2D eigenvalue weighted by atomic mass is 32.1. The van der Waals surface area contributed by atoms with Gasteiger partial charge < -0.3 is 10.1 Å². The fourth-order valence-electron chi connectivity index (χ4n) is 2.45. The van der Waals surface area contributed by atoms with E-state index in [0.29, 0.717) is 16.5 Å². The van der Waals surface area contributed by atoms with E-state index in [9.17, 15) is 10.1 Å². The van der Waals surface area contributed by atoms with Gasteiger partial charge in [-0.2, -0.15) is 10.5 Å². The normalized spacial score (nSPS) is 17.1. The topological polar surface area (TPSA) is 85.9 Å². The summed E-state index contributed by atoms with van der Waals surface area (Å²) >= 11 is 1.53. The molecule has 0 amide bonds. The fraction of sp³-hybridized carbons (Fsp3) is 0.438. The molecule has 1 aliphatic carbocycles. The Morgan fingerprint density at radius 1 is 1.55 bits per heavy atom. The van der Waals surface area contributed by atoms with E-state index in [1.165, 1.54) is 22.4 Å². The smallest absolute Gasteiger partial charge is 0.350 e. The Kier molecular flexibility index (Phi) is 5.19. The molecule has 22 heavy (non-hydrogen) atoms. The van der Waals surface area contributed by atoms with Crippen molar-refractivity contribution in [2.45, 2.75) is 33.1 Å². The molecule has 0 spiro atoms. The lowest BCUT2D eigenvalue weighted by Gasteiger charge is -2.17. The molecule has 1 aromatic rings. The molecule has 0 aromatic carbocycles. The van der Waals surface area contributed by atoms with E-state index < -0.39 is 5.97 Å². The Bertz CT molecular complexity index is 691. The van der Waals surface area contributed by atoms with E-state index >= 15 is 0 Å². The van der Waals surface area contributed by atoms with Crippen molar-refractivity contribution in [3.8, 4) is 12.1 Å². The number of anilines is 1. The number of nitriles is 2. The van der Waals surface area contributed by atoms with Gasteiger partial charge in [-0.1, -0.05) is 6.92 Å². The van der Waals surface area contributed by atoms with Gasteiger partial charge in [0.05, 0.1) is 12.2 Å². The monoisotopic (exact) mass is 315 g/mol. The van der Waals surface area contributed by atoms with Crippen molar-refractivity contribution >= 4 is 22.3 Å². The van der Waals surface area contributed by atoms with Crippen LogP contribution in [0.4, 0.5) is 5.00 Å². The van der Waals surface area contributed by atoms with Gasteiger partial charge in [-0.3, -0.25) is 0 Å². The van der Waals surface area contributed by atoms with Crippen molar-refractivity contribution in [2.24, 2.45) is 5.92 Å². The quantitative estimate of drug-likeness (QED) is 0.524. The number of carbonyl (C=O) groups is 1. The number of esters is 1. The molecular weight excluding hydrogens is 298 g/mol. The number of thiophene rings is 1. The number of hydrogen-bond acceptors (Lipinski definition) is 6. The number of rotatable bonds is 4. The third kappa shape index (κ3) is 3.29. The molecule has 1 atom stereocenters. The molecule has 1 heterocycles. The summed E-state index contributed by atoms with van der Waals surface area (Å²) in [5.74, 6) is -0.0405. The predicted molar refractivity (Wildman–Crippen MR) is 84.2 cm³/mol. The molecule has 0 saturated carbocycles. The van der Waals surface area contributed by atoms with Crippen LogP contribution in [0, 0.1) is 28.6 Å². The lowest BCUT2D eigenvalue weighted by atomic mass is 9.89. The summed E-state index contributed by atoms with van der Waals surface area (Å²) in [6.07, 6.45) is 4.28. The number of nitrogens with one attached hydrogen (secondary N) is 1. The summed E-state index contributed by atoms with van der Waals surface area (Å²) in [6, 6.07) is 4.04. The van der Waals surface area contributed by atoms with Gasteiger partial charge in [-0.25, -0.2) is 4.79 Å². The maximum absolute atomic E-state index is 11.6. The maximum Gasteiger partial charge on any atom is 0.350 e. The van der Waals surface area contributed by atoms with Crippen LogP contribution in [0.3, 0.4) is 0 Å². The second kappa shape index (κ2) is 7.11. The van der Waals surface area contributed by atoms with Crippen molar-refractivity contribution in [1.29, 1.82) is 10.5 Å². The number of nitrogens with zero attached hydrogens (tertiary/aromatic N) is 2. The summed E-state index contributed by atoms with van der Waals surface area (Å²) in [5, 5.41) is 22.0. The highest BCUT2D eigenvalue weighted by Gasteiger charge is 2.23.